The normalized spacial score (nSPS) is 11.5. The van der Waals surface area contributed by atoms with Crippen molar-refractivity contribution in [2.75, 3.05) is 14.1 Å². The number of nitrogens with zero attached hydrogens (tertiary/aromatic N) is 4. The van der Waals surface area contributed by atoms with Gasteiger partial charge in [-0.15, -0.1) is 0 Å². The summed E-state index contributed by atoms with van der Waals surface area (Å²) in [6.45, 7) is 2.78. The smallest absolute Gasteiger partial charge is 0.246 e. The third-order valence-electron chi connectivity index (χ3n) is 2.87. The van der Waals surface area contributed by atoms with E-state index in [2.05, 4.69) is 20.4 Å². The molecule has 0 bridgehead atoms. The van der Waals surface area contributed by atoms with Crippen molar-refractivity contribution in [3.05, 3.63) is 47.4 Å². The molecule has 0 aliphatic rings. The minimum absolute atomic E-state index is 0.240. The fraction of sp³-hybridized carbons (Fsp3) is 0.357. The van der Waals surface area contributed by atoms with Crippen molar-refractivity contribution in [3.8, 4) is 0 Å². The Kier molecular flexibility index (Phi) is 4.86. The lowest BCUT2D eigenvalue weighted by molar-refractivity contribution is 0.368. The molecule has 1 aromatic heterocycles. The molecule has 0 unspecified atom stereocenters. The zero-order valence-corrected chi connectivity index (χ0v) is 12.3. The number of aliphatic imine (C=N–C) groups is 1. The highest BCUT2D eigenvalue weighted by atomic mass is 19.1. The van der Waals surface area contributed by atoms with Gasteiger partial charge in [0.15, 0.2) is 11.8 Å². The van der Waals surface area contributed by atoms with Gasteiger partial charge in [-0.25, -0.2) is 4.39 Å². The van der Waals surface area contributed by atoms with Crippen LogP contribution in [0, 0.1) is 12.7 Å². The van der Waals surface area contributed by atoms with E-state index in [-0.39, 0.29) is 5.82 Å². The first-order chi connectivity index (χ1) is 10.1. The van der Waals surface area contributed by atoms with Crippen LogP contribution in [0.15, 0.2) is 33.8 Å². The van der Waals surface area contributed by atoms with Crippen LogP contribution in [0.1, 0.15) is 17.3 Å². The van der Waals surface area contributed by atoms with Crippen molar-refractivity contribution in [1.82, 2.24) is 20.4 Å². The van der Waals surface area contributed by atoms with Gasteiger partial charge in [-0.1, -0.05) is 17.3 Å². The molecular weight excluding hydrogens is 273 g/mol. The maximum Gasteiger partial charge on any atom is 0.246 e. The fourth-order valence-corrected chi connectivity index (χ4v) is 1.89. The quantitative estimate of drug-likeness (QED) is 0.686. The number of benzene rings is 1. The van der Waals surface area contributed by atoms with Crippen molar-refractivity contribution >= 4 is 5.96 Å². The molecule has 1 heterocycles. The first kappa shape index (κ1) is 15.0. The van der Waals surface area contributed by atoms with Crippen LogP contribution in [0.2, 0.25) is 0 Å². The van der Waals surface area contributed by atoms with E-state index in [1.165, 1.54) is 12.1 Å². The molecule has 7 heteroatoms. The molecule has 112 valence electrons. The second-order valence-electron chi connectivity index (χ2n) is 4.62. The molecule has 0 fully saturated rings. The summed E-state index contributed by atoms with van der Waals surface area (Å²) < 4.78 is 17.9. The molecule has 1 N–H and O–H groups in total. The van der Waals surface area contributed by atoms with Crippen molar-refractivity contribution in [2.45, 2.75) is 20.0 Å². The van der Waals surface area contributed by atoms with Gasteiger partial charge in [-0.05, 0) is 24.6 Å². The van der Waals surface area contributed by atoms with E-state index < -0.39 is 0 Å². The highest BCUT2D eigenvalue weighted by Crippen LogP contribution is 2.06. The Balaban J connectivity index is 1.92. The fourth-order valence-electron chi connectivity index (χ4n) is 1.89. The molecule has 0 saturated heterocycles. The topological polar surface area (TPSA) is 66.5 Å². The van der Waals surface area contributed by atoms with Gasteiger partial charge in [0.2, 0.25) is 5.89 Å². The van der Waals surface area contributed by atoms with Crippen LogP contribution in [0.5, 0.6) is 0 Å². The van der Waals surface area contributed by atoms with Gasteiger partial charge in [0, 0.05) is 20.6 Å². The summed E-state index contributed by atoms with van der Waals surface area (Å²) in [5.41, 5.74) is 0.996. The van der Waals surface area contributed by atoms with E-state index in [1.807, 2.05) is 11.9 Å². The van der Waals surface area contributed by atoms with Gasteiger partial charge in [-0.2, -0.15) is 4.98 Å². The summed E-state index contributed by atoms with van der Waals surface area (Å²) in [5.74, 6) is 1.55. The number of halogens is 1. The largest absolute Gasteiger partial charge is 0.347 e. The van der Waals surface area contributed by atoms with Crippen LogP contribution in [0.25, 0.3) is 0 Å². The van der Waals surface area contributed by atoms with Crippen LogP contribution >= 0.6 is 0 Å². The number of nitrogens with one attached hydrogen (secondary N) is 1. The van der Waals surface area contributed by atoms with E-state index in [9.17, 15) is 4.39 Å². The summed E-state index contributed by atoms with van der Waals surface area (Å²) in [6, 6.07) is 6.39. The molecule has 0 saturated carbocycles. The molecule has 1 aromatic carbocycles. The van der Waals surface area contributed by atoms with Crippen LogP contribution in [-0.2, 0) is 13.1 Å². The molecule has 0 amide bonds. The molecule has 0 atom stereocenters. The average molecular weight is 291 g/mol. The minimum Gasteiger partial charge on any atom is -0.347 e. The zero-order chi connectivity index (χ0) is 15.2. The zero-order valence-electron chi connectivity index (χ0n) is 12.3. The van der Waals surface area contributed by atoms with E-state index >= 15 is 0 Å². The average Bonchev–Trinajstić information content (AvgIpc) is 2.88. The Labute approximate surface area is 122 Å². The van der Waals surface area contributed by atoms with Crippen LogP contribution in [0.3, 0.4) is 0 Å². The number of guanidine groups is 1. The summed E-state index contributed by atoms with van der Waals surface area (Å²) in [5, 5.41) is 6.86. The van der Waals surface area contributed by atoms with Crippen LogP contribution in [0.4, 0.5) is 4.39 Å². The van der Waals surface area contributed by atoms with Crippen LogP contribution < -0.4 is 5.32 Å². The molecular formula is C14H18FN5O. The maximum absolute atomic E-state index is 12.9. The van der Waals surface area contributed by atoms with E-state index in [4.69, 9.17) is 4.52 Å². The maximum atomic E-state index is 12.9. The predicted octanol–water partition coefficient (Wildman–Crippen LogP) is 1.72. The predicted molar refractivity (Wildman–Crippen MR) is 77.1 cm³/mol. The minimum atomic E-state index is -0.240. The number of aryl methyl sites for hydroxylation is 1. The number of aromatic nitrogens is 2. The number of rotatable bonds is 4. The van der Waals surface area contributed by atoms with Crippen molar-refractivity contribution in [2.24, 2.45) is 4.99 Å². The van der Waals surface area contributed by atoms with Crippen molar-refractivity contribution < 1.29 is 8.91 Å². The summed E-state index contributed by atoms with van der Waals surface area (Å²) in [6.07, 6.45) is 0. The van der Waals surface area contributed by atoms with Crippen LogP contribution in [-0.4, -0.2) is 35.1 Å². The third kappa shape index (κ3) is 4.27. The Bertz CT molecular complexity index is 608. The molecule has 0 aliphatic heterocycles. The van der Waals surface area contributed by atoms with Gasteiger partial charge in [0.05, 0.1) is 6.54 Å². The Morgan fingerprint density at radius 2 is 2.10 bits per heavy atom. The number of hydrogen-bond acceptors (Lipinski definition) is 4. The Morgan fingerprint density at radius 1 is 1.38 bits per heavy atom. The van der Waals surface area contributed by atoms with Gasteiger partial charge in [0.25, 0.3) is 0 Å². The molecule has 0 spiro atoms. The molecule has 21 heavy (non-hydrogen) atoms. The SMILES string of the molecule is CN=C(NCc1nc(C)no1)N(C)Cc1ccc(F)cc1. The lowest BCUT2D eigenvalue weighted by atomic mass is 10.2. The van der Waals surface area contributed by atoms with Gasteiger partial charge in [-0.3, -0.25) is 4.99 Å². The highest BCUT2D eigenvalue weighted by Gasteiger charge is 2.09. The standard InChI is InChI=1S/C14H18FN5O/c1-10-18-13(21-19-10)8-17-14(16-2)20(3)9-11-4-6-12(15)7-5-11/h4-7H,8-9H2,1-3H3,(H,16,17). The summed E-state index contributed by atoms with van der Waals surface area (Å²) >= 11 is 0. The molecule has 0 aliphatic carbocycles. The van der Waals surface area contributed by atoms with Crippen molar-refractivity contribution in [1.29, 1.82) is 0 Å². The number of hydrogen-bond donors (Lipinski definition) is 1. The lowest BCUT2D eigenvalue weighted by Crippen LogP contribution is -2.38. The Hall–Kier alpha value is -2.44. The second kappa shape index (κ2) is 6.83. The van der Waals surface area contributed by atoms with E-state index in [1.54, 1.807) is 26.1 Å². The van der Waals surface area contributed by atoms with Gasteiger partial charge < -0.3 is 14.7 Å². The summed E-state index contributed by atoms with van der Waals surface area (Å²) in [4.78, 5) is 10.2. The first-order valence-corrected chi connectivity index (χ1v) is 6.54. The summed E-state index contributed by atoms with van der Waals surface area (Å²) in [7, 11) is 3.60. The second-order valence-corrected chi connectivity index (χ2v) is 4.62. The van der Waals surface area contributed by atoms with Gasteiger partial charge >= 0.3 is 0 Å². The first-order valence-electron chi connectivity index (χ1n) is 6.54. The van der Waals surface area contributed by atoms with E-state index in [0.717, 1.165) is 5.56 Å². The molecule has 2 aromatic rings. The van der Waals surface area contributed by atoms with E-state index in [0.29, 0.717) is 30.8 Å². The lowest BCUT2D eigenvalue weighted by Gasteiger charge is -2.21. The monoisotopic (exact) mass is 291 g/mol. The molecule has 2 rings (SSSR count). The highest BCUT2D eigenvalue weighted by molar-refractivity contribution is 5.79. The molecule has 0 radical (unpaired) electrons. The molecule has 6 nitrogen and oxygen atoms in total. The van der Waals surface area contributed by atoms with Crippen molar-refractivity contribution in [3.63, 3.8) is 0 Å². The van der Waals surface area contributed by atoms with Gasteiger partial charge in [0.1, 0.15) is 5.82 Å². The third-order valence-corrected chi connectivity index (χ3v) is 2.87. The Morgan fingerprint density at radius 3 is 2.67 bits per heavy atom.